The van der Waals surface area contributed by atoms with Gasteiger partial charge in [0.2, 0.25) is 0 Å². The molecular weight excluding hydrogens is 279 g/mol. The van der Waals surface area contributed by atoms with Crippen LogP contribution in [0.25, 0.3) is 16.9 Å². The molecule has 0 atom stereocenters. The molecule has 2 nitrogen and oxygen atoms in total. The summed E-state index contributed by atoms with van der Waals surface area (Å²) in [6.45, 7) is 0. The molecule has 0 unspecified atom stereocenters. The first-order chi connectivity index (χ1) is 9.24. The van der Waals surface area contributed by atoms with E-state index in [0.29, 0.717) is 10.2 Å². The zero-order chi connectivity index (χ0) is 13.2. The van der Waals surface area contributed by atoms with Crippen molar-refractivity contribution in [1.82, 2.24) is 9.78 Å². The van der Waals surface area contributed by atoms with Crippen molar-refractivity contribution in [2.24, 2.45) is 0 Å². The summed E-state index contributed by atoms with van der Waals surface area (Å²) in [7, 11) is 0. The second-order valence-electron chi connectivity index (χ2n) is 4.11. The molecule has 0 aliphatic rings. The molecule has 0 radical (unpaired) electrons. The minimum atomic E-state index is 0.580. The quantitative estimate of drug-likeness (QED) is 0.659. The molecule has 0 N–H and O–H groups in total. The van der Waals surface area contributed by atoms with Gasteiger partial charge in [0.15, 0.2) is 0 Å². The maximum absolute atomic E-state index is 6.24. The summed E-state index contributed by atoms with van der Waals surface area (Å²) in [5, 5.41) is 5.81. The molecule has 19 heavy (non-hydrogen) atoms. The molecule has 3 rings (SSSR count). The van der Waals surface area contributed by atoms with Crippen molar-refractivity contribution in [1.29, 1.82) is 0 Å². The average molecular weight is 289 g/mol. The molecule has 3 aromatic rings. The Kier molecular flexibility index (Phi) is 3.28. The van der Waals surface area contributed by atoms with E-state index in [1.54, 1.807) is 4.68 Å². The summed E-state index contributed by atoms with van der Waals surface area (Å²) in [4.78, 5) is 0. The highest BCUT2D eigenvalue weighted by atomic mass is 35.5. The maximum Gasteiger partial charge on any atom is 0.133 e. The summed E-state index contributed by atoms with van der Waals surface area (Å²) in [5.74, 6) is 0. The Morgan fingerprint density at radius 1 is 0.842 bits per heavy atom. The molecule has 2 aromatic carbocycles. The van der Waals surface area contributed by atoms with Crippen LogP contribution in [-0.2, 0) is 0 Å². The van der Waals surface area contributed by atoms with Gasteiger partial charge in [-0.15, -0.1) is 0 Å². The molecule has 0 fully saturated rings. The van der Waals surface area contributed by atoms with Crippen LogP contribution in [0.4, 0.5) is 0 Å². The molecule has 0 saturated heterocycles. The number of halogens is 2. The number of hydrogen-bond donors (Lipinski definition) is 0. The Labute approximate surface area is 121 Å². The van der Waals surface area contributed by atoms with Gasteiger partial charge in [-0.25, -0.2) is 4.68 Å². The number of benzene rings is 2. The minimum absolute atomic E-state index is 0.580. The zero-order valence-corrected chi connectivity index (χ0v) is 11.4. The third kappa shape index (κ3) is 2.50. The van der Waals surface area contributed by atoms with Crippen LogP contribution in [0.1, 0.15) is 0 Å². The smallest absolute Gasteiger partial charge is 0.133 e. The van der Waals surface area contributed by atoms with E-state index >= 15 is 0 Å². The lowest BCUT2D eigenvalue weighted by atomic mass is 10.2. The second kappa shape index (κ2) is 5.08. The zero-order valence-electron chi connectivity index (χ0n) is 9.92. The standard InChI is InChI=1S/C15H10Cl2N2/c16-12-8-6-11(7-9-12)14-10-15(17)19(18-14)13-4-2-1-3-5-13/h1-10H. The Morgan fingerprint density at radius 2 is 1.53 bits per heavy atom. The van der Waals surface area contributed by atoms with Crippen LogP contribution in [0.2, 0.25) is 10.2 Å². The van der Waals surface area contributed by atoms with Gasteiger partial charge in [0.25, 0.3) is 0 Å². The Morgan fingerprint density at radius 3 is 2.21 bits per heavy atom. The maximum atomic E-state index is 6.24. The number of rotatable bonds is 2. The van der Waals surface area contributed by atoms with Gasteiger partial charge in [0, 0.05) is 16.7 Å². The normalized spacial score (nSPS) is 10.6. The van der Waals surface area contributed by atoms with Crippen molar-refractivity contribution in [2.75, 3.05) is 0 Å². The van der Waals surface area contributed by atoms with Gasteiger partial charge in [-0.05, 0) is 24.3 Å². The molecule has 1 aromatic heterocycles. The first-order valence-electron chi connectivity index (χ1n) is 5.81. The lowest BCUT2D eigenvalue weighted by Crippen LogP contribution is -1.95. The van der Waals surface area contributed by atoms with E-state index in [1.165, 1.54) is 0 Å². The predicted molar refractivity (Wildman–Crippen MR) is 79.0 cm³/mol. The van der Waals surface area contributed by atoms with Crippen LogP contribution >= 0.6 is 23.2 Å². The number of para-hydroxylation sites is 1. The third-order valence-corrected chi connectivity index (χ3v) is 3.33. The van der Waals surface area contributed by atoms with Crippen LogP contribution in [0.15, 0.2) is 60.7 Å². The van der Waals surface area contributed by atoms with Crippen LogP contribution in [0.5, 0.6) is 0 Å². The number of nitrogens with zero attached hydrogens (tertiary/aromatic N) is 2. The molecular formula is C15H10Cl2N2. The van der Waals surface area contributed by atoms with E-state index in [4.69, 9.17) is 23.2 Å². The fourth-order valence-electron chi connectivity index (χ4n) is 1.87. The topological polar surface area (TPSA) is 17.8 Å². The van der Waals surface area contributed by atoms with Gasteiger partial charge in [-0.1, -0.05) is 53.5 Å². The number of aromatic nitrogens is 2. The first kappa shape index (κ1) is 12.3. The lowest BCUT2D eigenvalue weighted by molar-refractivity contribution is 0.885. The first-order valence-corrected chi connectivity index (χ1v) is 6.56. The van der Waals surface area contributed by atoms with E-state index in [1.807, 2.05) is 60.7 Å². The average Bonchev–Trinajstić information content (AvgIpc) is 2.83. The summed E-state index contributed by atoms with van der Waals surface area (Å²) < 4.78 is 1.71. The fourth-order valence-corrected chi connectivity index (χ4v) is 2.24. The highest BCUT2D eigenvalue weighted by Gasteiger charge is 2.09. The molecule has 4 heteroatoms. The minimum Gasteiger partial charge on any atom is -0.222 e. The van der Waals surface area contributed by atoms with Crippen molar-refractivity contribution >= 4 is 23.2 Å². The van der Waals surface area contributed by atoms with Gasteiger partial charge < -0.3 is 0 Å². The molecule has 94 valence electrons. The van der Waals surface area contributed by atoms with Crippen LogP contribution < -0.4 is 0 Å². The summed E-state index contributed by atoms with van der Waals surface area (Å²) in [6, 6.07) is 19.2. The monoisotopic (exact) mass is 288 g/mol. The Bertz CT molecular complexity index is 688. The number of hydrogen-bond acceptors (Lipinski definition) is 1. The van der Waals surface area contributed by atoms with Crippen LogP contribution in [0.3, 0.4) is 0 Å². The largest absolute Gasteiger partial charge is 0.222 e. The van der Waals surface area contributed by atoms with Crippen molar-refractivity contribution in [2.45, 2.75) is 0 Å². The van der Waals surface area contributed by atoms with Gasteiger partial charge >= 0.3 is 0 Å². The molecule has 1 heterocycles. The fraction of sp³-hybridized carbons (Fsp3) is 0. The summed E-state index contributed by atoms with van der Waals surface area (Å²) in [6.07, 6.45) is 0. The second-order valence-corrected chi connectivity index (χ2v) is 4.93. The van der Waals surface area contributed by atoms with Crippen molar-refractivity contribution in [3.63, 3.8) is 0 Å². The van der Waals surface area contributed by atoms with Gasteiger partial charge in [0.05, 0.1) is 11.4 Å². The van der Waals surface area contributed by atoms with Crippen molar-refractivity contribution in [3.05, 3.63) is 70.8 Å². The Hall–Kier alpha value is -1.77. The summed E-state index contributed by atoms with van der Waals surface area (Å²) in [5.41, 5.74) is 2.75. The van der Waals surface area contributed by atoms with Gasteiger partial charge in [0.1, 0.15) is 5.15 Å². The highest BCUT2D eigenvalue weighted by molar-refractivity contribution is 6.30. The molecule has 0 saturated carbocycles. The Balaban J connectivity index is 2.04. The van der Waals surface area contributed by atoms with Crippen LogP contribution in [0, 0.1) is 0 Å². The van der Waals surface area contributed by atoms with Gasteiger partial charge in [-0.2, -0.15) is 5.10 Å². The molecule has 0 amide bonds. The van der Waals surface area contributed by atoms with Crippen LogP contribution in [-0.4, -0.2) is 9.78 Å². The van der Waals surface area contributed by atoms with Crippen molar-refractivity contribution < 1.29 is 0 Å². The third-order valence-electron chi connectivity index (χ3n) is 2.81. The van der Waals surface area contributed by atoms with E-state index < -0.39 is 0 Å². The molecule has 0 bridgehead atoms. The molecule has 0 spiro atoms. The van der Waals surface area contributed by atoms with E-state index in [0.717, 1.165) is 16.9 Å². The highest BCUT2D eigenvalue weighted by Crippen LogP contribution is 2.25. The van der Waals surface area contributed by atoms with E-state index in [-0.39, 0.29) is 0 Å². The van der Waals surface area contributed by atoms with E-state index in [2.05, 4.69) is 5.10 Å². The van der Waals surface area contributed by atoms with Gasteiger partial charge in [-0.3, -0.25) is 0 Å². The SMILES string of the molecule is Clc1ccc(-c2cc(Cl)n(-c3ccccc3)n2)cc1. The lowest BCUT2D eigenvalue weighted by Gasteiger charge is -2.01. The van der Waals surface area contributed by atoms with E-state index in [9.17, 15) is 0 Å². The predicted octanol–water partition coefficient (Wildman–Crippen LogP) is 4.85. The van der Waals surface area contributed by atoms with Crippen molar-refractivity contribution in [3.8, 4) is 16.9 Å². The molecule has 0 aliphatic carbocycles. The summed E-state index contributed by atoms with van der Waals surface area (Å²) >= 11 is 12.1. The molecule has 0 aliphatic heterocycles.